The molecule has 43 heavy (non-hydrogen) atoms. The first-order valence-corrected chi connectivity index (χ1v) is 16.5. The van der Waals surface area contributed by atoms with E-state index in [1.807, 2.05) is 31.2 Å². The van der Waals surface area contributed by atoms with Crippen molar-refractivity contribution in [3.8, 4) is 5.75 Å². The zero-order chi connectivity index (χ0) is 30.1. The molecular formula is C30H35BrN6O5S. The largest absolute Gasteiger partial charge is 0.494 e. The Bertz CT molecular complexity index is 1500. The molecule has 3 aliphatic rings. The van der Waals surface area contributed by atoms with Gasteiger partial charge in [0, 0.05) is 28.9 Å². The zero-order valence-electron chi connectivity index (χ0n) is 23.8. The van der Waals surface area contributed by atoms with E-state index in [0.29, 0.717) is 43.9 Å². The number of para-hydroxylation sites is 1. The second-order valence-electron chi connectivity index (χ2n) is 11.2. The van der Waals surface area contributed by atoms with Gasteiger partial charge in [-0.1, -0.05) is 33.3 Å². The van der Waals surface area contributed by atoms with Crippen molar-refractivity contribution in [3.05, 3.63) is 48.5 Å². The van der Waals surface area contributed by atoms with Gasteiger partial charge in [-0.15, -0.1) is 16.9 Å². The molecule has 2 bridgehead atoms. The van der Waals surface area contributed by atoms with Gasteiger partial charge in [0.05, 0.1) is 28.7 Å². The zero-order valence-corrected chi connectivity index (χ0v) is 26.2. The molecule has 3 aliphatic heterocycles. The van der Waals surface area contributed by atoms with Crippen molar-refractivity contribution in [3.63, 3.8) is 0 Å². The van der Waals surface area contributed by atoms with Crippen LogP contribution in [-0.4, -0.2) is 83.3 Å². The Balaban J connectivity index is 1.26. The number of fused-ring (bicyclic) bond motifs is 2. The highest BCUT2D eigenvalue weighted by atomic mass is 79.9. The molecule has 3 N–H and O–H groups in total. The molecular weight excluding hydrogens is 636 g/mol. The number of amides is 3. The standard InChI is InChI=1S/C30H35BrN6O5S/c1-2-42-19-12-10-18(11-13-19)33-27(39)23-24-29(41)36(14-6-3-7-15-38)26(30(24)16-20(31)25(23)43-30)28(40)32-17-37-22-9-5-4-8-21(22)34-35-37/h4-5,8-13,20,23-26,38H,2-3,6-7,14-17H2,1H3,(H,32,40)(H,33,39)/t20?,23-,24+,25-,26?,30?/m1/s1. The van der Waals surface area contributed by atoms with Gasteiger partial charge in [0.25, 0.3) is 0 Å². The Hall–Kier alpha value is -3.16. The number of alkyl halides is 1. The normalized spacial score (nSPS) is 27.5. The molecule has 0 aliphatic carbocycles. The van der Waals surface area contributed by atoms with E-state index in [-0.39, 0.29) is 41.1 Å². The summed E-state index contributed by atoms with van der Waals surface area (Å²) in [4.78, 5) is 43.7. The van der Waals surface area contributed by atoms with E-state index >= 15 is 0 Å². The Kier molecular flexibility index (Phi) is 8.65. The topological polar surface area (TPSA) is 139 Å². The third-order valence-electron chi connectivity index (χ3n) is 8.65. The summed E-state index contributed by atoms with van der Waals surface area (Å²) in [5.41, 5.74) is 2.15. The third kappa shape index (κ3) is 5.40. The van der Waals surface area contributed by atoms with Gasteiger partial charge in [-0.25, -0.2) is 4.68 Å². The summed E-state index contributed by atoms with van der Waals surface area (Å²) < 4.78 is 6.40. The molecule has 13 heteroatoms. The summed E-state index contributed by atoms with van der Waals surface area (Å²) in [6.07, 6.45) is 2.61. The van der Waals surface area contributed by atoms with Crippen LogP contribution in [0.5, 0.6) is 5.75 Å². The molecule has 1 aromatic heterocycles. The number of unbranched alkanes of at least 4 members (excludes halogenated alkanes) is 2. The summed E-state index contributed by atoms with van der Waals surface area (Å²) in [7, 11) is 0. The molecule has 4 heterocycles. The summed E-state index contributed by atoms with van der Waals surface area (Å²) in [5.74, 6) is -1.15. The Labute approximate surface area is 262 Å². The number of aromatic nitrogens is 3. The number of hydrogen-bond acceptors (Lipinski definition) is 8. The number of thioether (sulfide) groups is 1. The lowest BCUT2D eigenvalue weighted by molar-refractivity contribution is -0.139. The van der Waals surface area contributed by atoms with Crippen LogP contribution in [0.4, 0.5) is 5.69 Å². The maximum absolute atomic E-state index is 14.2. The maximum atomic E-state index is 14.2. The van der Waals surface area contributed by atoms with Crippen molar-refractivity contribution in [2.45, 2.75) is 60.1 Å². The number of anilines is 1. The van der Waals surface area contributed by atoms with Gasteiger partial charge in [-0.2, -0.15) is 0 Å². The number of nitrogens with zero attached hydrogens (tertiary/aromatic N) is 4. The molecule has 3 unspecified atom stereocenters. The predicted molar refractivity (Wildman–Crippen MR) is 167 cm³/mol. The lowest BCUT2D eigenvalue weighted by Gasteiger charge is -2.35. The number of carbonyl (C=O) groups is 3. The van der Waals surface area contributed by atoms with E-state index in [1.165, 1.54) is 0 Å². The predicted octanol–water partition coefficient (Wildman–Crippen LogP) is 3.17. The fraction of sp³-hybridized carbons (Fsp3) is 0.500. The van der Waals surface area contributed by atoms with E-state index < -0.39 is 22.6 Å². The number of nitrogens with one attached hydrogen (secondary N) is 2. The first kappa shape index (κ1) is 29.9. The number of aliphatic hydroxyl groups is 1. The van der Waals surface area contributed by atoms with Crippen LogP contribution < -0.4 is 15.4 Å². The van der Waals surface area contributed by atoms with Crippen LogP contribution in [0.3, 0.4) is 0 Å². The van der Waals surface area contributed by atoms with Gasteiger partial charge < -0.3 is 25.4 Å². The van der Waals surface area contributed by atoms with Crippen LogP contribution in [0.2, 0.25) is 0 Å². The smallest absolute Gasteiger partial charge is 0.245 e. The Morgan fingerprint density at radius 1 is 1.14 bits per heavy atom. The fourth-order valence-corrected chi connectivity index (χ4v) is 10.5. The molecule has 3 fully saturated rings. The van der Waals surface area contributed by atoms with Gasteiger partial charge in [0.1, 0.15) is 24.0 Å². The van der Waals surface area contributed by atoms with Gasteiger partial charge >= 0.3 is 0 Å². The van der Waals surface area contributed by atoms with E-state index in [4.69, 9.17) is 4.74 Å². The number of rotatable bonds is 12. The van der Waals surface area contributed by atoms with Crippen LogP contribution in [0, 0.1) is 11.8 Å². The van der Waals surface area contributed by atoms with Crippen molar-refractivity contribution in [1.82, 2.24) is 25.2 Å². The molecule has 11 nitrogen and oxygen atoms in total. The molecule has 1 spiro atoms. The highest BCUT2D eigenvalue weighted by Gasteiger charge is 2.75. The molecule has 3 aromatic rings. The Morgan fingerprint density at radius 3 is 2.70 bits per heavy atom. The van der Waals surface area contributed by atoms with Crippen LogP contribution in [0.25, 0.3) is 11.0 Å². The minimum Gasteiger partial charge on any atom is -0.494 e. The number of halogens is 1. The molecule has 0 radical (unpaired) electrons. The molecule has 3 amide bonds. The third-order valence-corrected chi connectivity index (χ3v) is 11.9. The van der Waals surface area contributed by atoms with Crippen LogP contribution in [-0.2, 0) is 21.1 Å². The summed E-state index contributed by atoms with van der Waals surface area (Å²) in [6.45, 7) is 3.02. The van der Waals surface area contributed by atoms with Gasteiger partial charge in [0.15, 0.2) is 0 Å². The van der Waals surface area contributed by atoms with Crippen molar-refractivity contribution >= 4 is 62.1 Å². The van der Waals surface area contributed by atoms with E-state index in [2.05, 4.69) is 36.9 Å². The number of ether oxygens (including phenoxy) is 1. The average Bonchev–Trinajstić information content (AvgIpc) is 3.72. The number of hydrogen-bond donors (Lipinski definition) is 3. The number of benzene rings is 2. The van der Waals surface area contributed by atoms with Crippen LogP contribution >= 0.6 is 27.7 Å². The van der Waals surface area contributed by atoms with Gasteiger partial charge in [-0.05, 0) is 69.0 Å². The van der Waals surface area contributed by atoms with E-state index in [0.717, 1.165) is 17.5 Å². The highest BCUT2D eigenvalue weighted by Crippen LogP contribution is 2.67. The summed E-state index contributed by atoms with van der Waals surface area (Å²) >= 11 is 5.41. The molecule has 2 aromatic carbocycles. The lowest BCUT2D eigenvalue weighted by atomic mass is 9.70. The lowest BCUT2D eigenvalue weighted by Crippen LogP contribution is -2.54. The summed E-state index contributed by atoms with van der Waals surface area (Å²) in [5, 5.41) is 23.5. The first-order valence-electron chi connectivity index (χ1n) is 14.7. The average molecular weight is 672 g/mol. The molecule has 6 rings (SSSR count). The monoisotopic (exact) mass is 670 g/mol. The van der Waals surface area contributed by atoms with E-state index in [1.54, 1.807) is 45.6 Å². The molecule has 3 saturated heterocycles. The van der Waals surface area contributed by atoms with Gasteiger partial charge in [-0.3, -0.25) is 14.4 Å². The molecule has 6 atom stereocenters. The van der Waals surface area contributed by atoms with E-state index in [9.17, 15) is 19.5 Å². The van der Waals surface area contributed by atoms with Crippen LogP contribution in [0.15, 0.2) is 48.5 Å². The molecule has 0 saturated carbocycles. The Morgan fingerprint density at radius 2 is 1.93 bits per heavy atom. The highest BCUT2D eigenvalue weighted by molar-refractivity contribution is 9.09. The second-order valence-corrected chi connectivity index (χ2v) is 13.9. The summed E-state index contributed by atoms with van der Waals surface area (Å²) in [6, 6.07) is 14.0. The van der Waals surface area contributed by atoms with Crippen molar-refractivity contribution < 1.29 is 24.2 Å². The number of carbonyl (C=O) groups excluding carboxylic acids is 3. The van der Waals surface area contributed by atoms with Crippen LogP contribution in [0.1, 0.15) is 32.6 Å². The minimum atomic E-state index is -0.748. The second kappa shape index (κ2) is 12.4. The number of likely N-dealkylation sites (tertiary alicyclic amines) is 1. The quantitative estimate of drug-likeness (QED) is 0.197. The van der Waals surface area contributed by atoms with Crippen molar-refractivity contribution in [2.24, 2.45) is 11.8 Å². The van der Waals surface area contributed by atoms with Crippen molar-refractivity contribution in [2.75, 3.05) is 25.1 Å². The molecule has 228 valence electrons. The number of aliphatic hydroxyl groups excluding tert-OH is 1. The fourth-order valence-electron chi connectivity index (χ4n) is 6.85. The van der Waals surface area contributed by atoms with Crippen molar-refractivity contribution in [1.29, 1.82) is 0 Å². The van der Waals surface area contributed by atoms with Gasteiger partial charge in [0.2, 0.25) is 17.7 Å². The minimum absolute atomic E-state index is 0.0264. The first-order chi connectivity index (χ1) is 20.9. The maximum Gasteiger partial charge on any atom is 0.245 e. The SMILES string of the molecule is CCOc1ccc(NC(=O)[C@H]2[C@@H]3SC4(CC3Br)C(C(=O)NCn3nnc5ccccc53)N(CCCCCO)C(=O)[C@H]24)cc1.